The second kappa shape index (κ2) is 17.7. The SMILES string of the molecule is O=PO.[C-]1=CCCCC1.[C-]1=CCCCC1.[Mg+2]. The van der Waals surface area contributed by atoms with Crippen molar-refractivity contribution >= 4 is 31.7 Å². The van der Waals surface area contributed by atoms with E-state index in [4.69, 9.17) is 9.46 Å². The summed E-state index contributed by atoms with van der Waals surface area (Å²) in [7, 11) is -0.833. The van der Waals surface area contributed by atoms with Gasteiger partial charge in [0.2, 0.25) is 0 Å². The molecule has 2 nitrogen and oxygen atoms in total. The van der Waals surface area contributed by atoms with Crippen LogP contribution in [0.2, 0.25) is 0 Å². The number of hydrogen-bond donors (Lipinski definition) is 1. The minimum absolute atomic E-state index is 0. The fourth-order valence-corrected chi connectivity index (χ4v) is 1.36. The van der Waals surface area contributed by atoms with E-state index >= 15 is 0 Å². The van der Waals surface area contributed by atoms with E-state index in [2.05, 4.69) is 24.3 Å². The van der Waals surface area contributed by atoms with E-state index in [1.165, 1.54) is 51.4 Å². The number of hydrogen-bond acceptors (Lipinski definition) is 1. The van der Waals surface area contributed by atoms with Crippen LogP contribution in [0.25, 0.3) is 0 Å². The first kappa shape index (κ1) is 18.7. The summed E-state index contributed by atoms with van der Waals surface area (Å²) in [5.74, 6) is 0. The normalized spacial score (nSPS) is 17.3. The van der Waals surface area contributed by atoms with Crippen molar-refractivity contribution < 1.29 is 9.46 Å². The monoisotopic (exact) mass is 250 g/mol. The predicted molar refractivity (Wildman–Crippen MR) is 68.1 cm³/mol. The van der Waals surface area contributed by atoms with Crippen molar-refractivity contribution in [3.8, 4) is 0 Å². The molecule has 0 amide bonds. The molecule has 86 valence electrons. The van der Waals surface area contributed by atoms with Gasteiger partial charge in [0, 0.05) is 0 Å². The maximum Gasteiger partial charge on any atom is 2.00 e. The molecule has 2 aliphatic rings. The fraction of sp³-hybridized carbons (Fsp3) is 0.667. The van der Waals surface area contributed by atoms with Gasteiger partial charge in [-0.15, -0.1) is 0 Å². The van der Waals surface area contributed by atoms with Gasteiger partial charge in [-0.05, 0) is 0 Å². The van der Waals surface area contributed by atoms with Crippen LogP contribution in [0.3, 0.4) is 0 Å². The van der Waals surface area contributed by atoms with Gasteiger partial charge in [-0.2, -0.15) is 12.8 Å². The third kappa shape index (κ3) is 16.7. The molecular formula is C12H19MgO2P. The van der Waals surface area contributed by atoms with Crippen LogP contribution in [0, 0.1) is 12.2 Å². The van der Waals surface area contributed by atoms with E-state index in [1.54, 1.807) is 0 Å². The summed E-state index contributed by atoms with van der Waals surface area (Å²) in [4.78, 5) is 6.99. The summed E-state index contributed by atoms with van der Waals surface area (Å²) in [5.41, 5.74) is 0. The van der Waals surface area contributed by atoms with Crippen molar-refractivity contribution in [2.24, 2.45) is 0 Å². The van der Waals surface area contributed by atoms with Crippen molar-refractivity contribution in [3.63, 3.8) is 0 Å². The summed E-state index contributed by atoms with van der Waals surface area (Å²) in [5, 5.41) is 0. The molecule has 1 N–H and O–H groups in total. The van der Waals surface area contributed by atoms with E-state index in [0.29, 0.717) is 0 Å². The van der Waals surface area contributed by atoms with Gasteiger partial charge < -0.3 is 17.0 Å². The van der Waals surface area contributed by atoms with Crippen molar-refractivity contribution in [2.75, 3.05) is 0 Å². The first-order valence-electron chi connectivity index (χ1n) is 5.48. The Kier molecular flexibility index (Phi) is 20.6. The first-order chi connectivity index (χ1) is 7.41. The summed E-state index contributed by atoms with van der Waals surface area (Å²) in [6.07, 6.45) is 21.0. The second-order valence-electron chi connectivity index (χ2n) is 3.39. The quantitative estimate of drug-likeness (QED) is 0.405. The molecule has 0 aromatic heterocycles. The first-order valence-corrected chi connectivity index (χ1v) is 6.25. The molecule has 0 aromatic carbocycles. The summed E-state index contributed by atoms with van der Waals surface area (Å²) in [6.45, 7) is 0. The molecule has 0 saturated carbocycles. The van der Waals surface area contributed by atoms with Gasteiger partial charge in [0.1, 0.15) is 0 Å². The number of allylic oxidation sites excluding steroid dienone is 4. The van der Waals surface area contributed by atoms with E-state index in [0.717, 1.165) is 0 Å². The fourth-order valence-electron chi connectivity index (χ4n) is 1.36. The van der Waals surface area contributed by atoms with Crippen LogP contribution < -0.4 is 0 Å². The van der Waals surface area contributed by atoms with Gasteiger partial charge in [0.05, 0.1) is 0 Å². The Morgan fingerprint density at radius 3 is 1.38 bits per heavy atom. The third-order valence-corrected chi connectivity index (χ3v) is 2.13. The van der Waals surface area contributed by atoms with Crippen LogP contribution >= 0.6 is 8.69 Å². The van der Waals surface area contributed by atoms with Gasteiger partial charge in [-0.1, -0.05) is 38.5 Å². The summed E-state index contributed by atoms with van der Waals surface area (Å²) in [6, 6.07) is 0. The molecule has 0 bridgehead atoms. The largest absolute Gasteiger partial charge is 2.00 e. The van der Waals surface area contributed by atoms with Crippen molar-refractivity contribution in [2.45, 2.75) is 51.4 Å². The molecule has 0 fully saturated rings. The minimum atomic E-state index is -0.833. The average Bonchev–Trinajstić information content (AvgIpc) is 2.35. The molecular weight excluding hydrogens is 231 g/mol. The van der Waals surface area contributed by atoms with Crippen LogP contribution in [0.15, 0.2) is 12.2 Å². The Bertz CT molecular complexity index is 159. The molecule has 2 rings (SSSR count). The summed E-state index contributed by atoms with van der Waals surface area (Å²) >= 11 is 0. The topological polar surface area (TPSA) is 37.3 Å². The van der Waals surface area contributed by atoms with E-state index < -0.39 is 8.69 Å². The van der Waals surface area contributed by atoms with Crippen molar-refractivity contribution in [1.29, 1.82) is 0 Å². The molecule has 0 saturated heterocycles. The second-order valence-corrected chi connectivity index (χ2v) is 3.55. The molecule has 0 atom stereocenters. The Balaban J connectivity index is 0. The van der Waals surface area contributed by atoms with E-state index in [9.17, 15) is 0 Å². The molecule has 2 aliphatic carbocycles. The molecule has 0 heterocycles. The van der Waals surface area contributed by atoms with Gasteiger partial charge in [0.15, 0.2) is 0 Å². The van der Waals surface area contributed by atoms with Gasteiger partial charge >= 0.3 is 31.7 Å². The Morgan fingerprint density at radius 2 is 1.31 bits per heavy atom. The zero-order chi connectivity index (χ0) is 11.2. The molecule has 0 radical (unpaired) electrons. The number of rotatable bonds is 0. The molecule has 0 aromatic rings. The van der Waals surface area contributed by atoms with Crippen molar-refractivity contribution in [1.82, 2.24) is 0 Å². The predicted octanol–water partition coefficient (Wildman–Crippen LogP) is 3.64. The third-order valence-electron chi connectivity index (χ3n) is 2.13. The maximum absolute atomic E-state index is 8.46. The zero-order valence-electron chi connectivity index (χ0n) is 9.82. The Hall–Kier alpha value is 0.306. The molecule has 4 heteroatoms. The van der Waals surface area contributed by atoms with Crippen LogP contribution in [0.4, 0.5) is 0 Å². The molecule has 0 unspecified atom stereocenters. The molecule has 16 heavy (non-hydrogen) atoms. The van der Waals surface area contributed by atoms with Crippen molar-refractivity contribution in [3.05, 3.63) is 24.3 Å². The molecule has 0 aliphatic heterocycles. The van der Waals surface area contributed by atoms with Crippen LogP contribution in [0.5, 0.6) is 0 Å². The van der Waals surface area contributed by atoms with Gasteiger partial charge in [-0.3, -0.25) is 12.2 Å². The van der Waals surface area contributed by atoms with Crippen LogP contribution in [-0.2, 0) is 4.57 Å². The van der Waals surface area contributed by atoms with E-state index in [1.807, 2.05) is 0 Å². The van der Waals surface area contributed by atoms with Crippen LogP contribution in [-0.4, -0.2) is 27.9 Å². The van der Waals surface area contributed by atoms with Gasteiger partial charge in [0.25, 0.3) is 0 Å². The Morgan fingerprint density at radius 1 is 0.938 bits per heavy atom. The summed E-state index contributed by atoms with van der Waals surface area (Å²) < 4.78 is 8.46. The minimum Gasteiger partial charge on any atom is -0.501 e. The van der Waals surface area contributed by atoms with Crippen LogP contribution in [0.1, 0.15) is 51.4 Å². The Labute approximate surface area is 117 Å². The average molecular weight is 251 g/mol. The van der Waals surface area contributed by atoms with E-state index in [-0.39, 0.29) is 23.1 Å². The smallest absolute Gasteiger partial charge is 0.501 e. The van der Waals surface area contributed by atoms with Gasteiger partial charge in [-0.25, -0.2) is 4.57 Å². The zero-order valence-corrected chi connectivity index (χ0v) is 12.1. The maximum atomic E-state index is 8.46. The standard InChI is InChI=1S/2C6H9.Mg.HO2P/c2*1-2-4-6-5-3-1;;1-3-2/h2*1H,2,4-6H2;;(H,1,2)/q2*-1;+2;. The molecule has 0 spiro atoms.